The number of carbonyl (C=O) groups is 3. The van der Waals surface area contributed by atoms with Crippen molar-refractivity contribution in [3.8, 4) is 0 Å². The third-order valence-corrected chi connectivity index (χ3v) is 5.32. The molecule has 0 radical (unpaired) electrons. The number of hydrogen-bond acceptors (Lipinski definition) is 5. The predicted octanol–water partition coefficient (Wildman–Crippen LogP) is 4.46. The molecule has 3 amide bonds. The zero-order chi connectivity index (χ0) is 23.4. The van der Waals surface area contributed by atoms with Crippen LogP contribution < -0.4 is 10.6 Å². The fraction of sp³-hybridized carbons (Fsp3) is 0.192. The minimum atomic E-state index is -0.905. The average Bonchev–Trinajstić information content (AvgIpc) is 3.06. The molecule has 0 bridgehead atoms. The molecule has 1 heterocycles. The molecule has 7 nitrogen and oxygen atoms in total. The summed E-state index contributed by atoms with van der Waals surface area (Å²) in [5.41, 5.74) is 2.39. The van der Waals surface area contributed by atoms with E-state index in [-0.39, 0.29) is 30.9 Å². The number of nitrogens with zero attached hydrogens (tertiary/aromatic N) is 1. The maximum Gasteiger partial charge on any atom is 0.262 e. The monoisotopic (exact) mass is 443 g/mol. The van der Waals surface area contributed by atoms with Gasteiger partial charge in [0.15, 0.2) is 0 Å². The van der Waals surface area contributed by atoms with E-state index in [4.69, 9.17) is 4.74 Å². The number of ether oxygens (including phenoxy) is 1. The normalized spacial score (nSPS) is 13.1. The Hall–Kier alpha value is -3.97. The van der Waals surface area contributed by atoms with Crippen LogP contribution in [0.25, 0.3) is 0 Å². The van der Waals surface area contributed by atoms with Crippen LogP contribution in [0.3, 0.4) is 0 Å². The number of amides is 3. The molecular formula is C26H25N3O4. The number of para-hydroxylation sites is 1. The first-order valence-electron chi connectivity index (χ1n) is 10.6. The fourth-order valence-electron chi connectivity index (χ4n) is 3.72. The molecule has 7 heteroatoms. The molecule has 3 aromatic rings. The molecule has 2 N–H and O–H groups in total. The molecule has 0 atom stereocenters. The van der Waals surface area contributed by atoms with Crippen molar-refractivity contribution in [2.75, 3.05) is 23.8 Å². The number of hydrogen-bond donors (Lipinski definition) is 2. The summed E-state index contributed by atoms with van der Waals surface area (Å²) in [6.07, 6.45) is 0. The standard InChI is InChI=1S/C26H25N3O4/c1-26(2,29-24(31)21-10-6-7-11-22(21)25(29)32)17-33-16-23(30)28-20-14-12-19(13-15-20)27-18-8-4-3-5-9-18/h3-15,27H,16-17H2,1-2H3,(H,28,30). The lowest BCUT2D eigenvalue weighted by Crippen LogP contribution is -2.50. The van der Waals surface area contributed by atoms with Crippen LogP contribution in [0.5, 0.6) is 0 Å². The second-order valence-electron chi connectivity index (χ2n) is 8.41. The molecule has 0 unspecified atom stereocenters. The molecule has 1 aliphatic rings. The Kier molecular flexibility index (Phi) is 6.24. The SMILES string of the molecule is CC(C)(COCC(=O)Nc1ccc(Nc2ccccc2)cc1)N1C(=O)c2ccccc2C1=O. The third kappa shape index (κ3) is 4.94. The number of anilines is 3. The molecule has 0 aromatic heterocycles. The van der Waals surface area contributed by atoms with Crippen molar-refractivity contribution in [1.29, 1.82) is 0 Å². The molecule has 168 valence electrons. The number of benzene rings is 3. The van der Waals surface area contributed by atoms with Crippen molar-refractivity contribution in [1.82, 2.24) is 4.90 Å². The topological polar surface area (TPSA) is 87.7 Å². The highest BCUT2D eigenvalue weighted by molar-refractivity contribution is 6.21. The van der Waals surface area contributed by atoms with Gasteiger partial charge < -0.3 is 15.4 Å². The van der Waals surface area contributed by atoms with Crippen molar-refractivity contribution in [3.05, 3.63) is 90.0 Å². The van der Waals surface area contributed by atoms with Gasteiger partial charge in [-0.25, -0.2) is 0 Å². The van der Waals surface area contributed by atoms with Crippen LogP contribution in [0.15, 0.2) is 78.9 Å². The quantitative estimate of drug-likeness (QED) is 0.502. The third-order valence-electron chi connectivity index (χ3n) is 5.32. The van der Waals surface area contributed by atoms with E-state index < -0.39 is 5.54 Å². The summed E-state index contributed by atoms with van der Waals surface area (Å²) in [6.45, 7) is 3.32. The molecule has 0 spiro atoms. The minimum absolute atomic E-state index is 0.0336. The maximum absolute atomic E-state index is 12.7. The van der Waals surface area contributed by atoms with E-state index in [2.05, 4.69) is 10.6 Å². The van der Waals surface area contributed by atoms with Gasteiger partial charge in [-0.2, -0.15) is 0 Å². The first-order chi connectivity index (χ1) is 15.8. The number of carbonyl (C=O) groups excluding carboxylic acids is 3. The van der Waals surface area contributed by atoms with Gasteiger partial charge in [0.2, 0.25) is 5.91 Å². The molecule has 4 rings (SSSR count). The Labute approximate surface area is 192 Å². The van der Waals surface area contributed by atoms with E-state index in [0.29, 0.717) is 16.8 Å². The summed E-state index contributed by atoms with van der Waals surface area (Å²) in [6, 6.07) is 23.9. The molecular weight excluding hydrogens is 418 g/mol. The Morgan fingerprint density at radius 1 is 0.788 bits per heavy atom. The Morgan fingerprint density at radius 3 is 1.91 bits per heavy atom. The first kappa shape index (κ1) is 22.2. The van der Waals surface area contributed by atoms with E-state index in [9.17, 15) is 14.4 Å². The van der Waals surface area contributed by atoms with Crippen molar-refractivity contribution < 1.29 is 19.1 Å². The van der Waals surface area contributed by atoms with Gasteiger partial charge in [0.05, 0.1) is 23.3 Å². The van der Waals surface area contributed by atoms with E-state index in [1.54, 1.807) is 50.2 Å². The predicted molar refractivity (Wildman–Crippen MR) is 127 cm³/mol. The lowest BCUT2D eigenvalue weighted by molar-refractivity contribution is -0.121. The van der Waals surface area contributed by atoms with Gasteiger partial charge >= 0.3 is 0 Å². The van der Waals surface area contributed by atoms with Crippen LogP contribution in [0.2, 0.25) is 0 Å². The maximum atomic E-state index is 12.7. The number of imide groups is 1. The highest BCUT2D eigenvalue weighted by atomic mass is 16.5. The highest BCUT2D eigenvalue weighted by Gasteiger charge is 2.44. The van der Waals surface area contributed by atoms with E-state index >= 15 is 0 Å². The van der Waals surface area contributed by atoms with Gasteiger partial charge in [0.25, 0.3) is 11.8 Å². The molecule has 1 aliphatic heterocycles. The second kappa shape index (κ2) is 9.26. The highest BCUT2D eigenvalue weighted by Crippen LogP contribution is 2.29. The van der Waals surface area contributed by atoms with Gasteiger partial charge in [-0.15, -0.1) is 0 Å². The summed E-state index contributed by atoms with van der Waals surface area (Å²) in [5.74, 6) is -1.02. The smallest absolute Gasteiger partial charge is 0.262 e. The summed E-state index contributed by atoms with van der Waals surface area (Å²) in [5, 5.41) is 6.06. The van der Waals surface area contributed by atoms with Crippen LogP contribution >= 0.6 is 0 Å². The molecule has 0 saturated heterocycles. The number of rotatable bonds is 8. The zero-order valence-electron chi connectivity index (χ0n) is 18.5. The second-order valence-corrected chi connectivity index (χ2v) is 8.41. The summed E-state index contributed by atoms with van der Waals surface area (Å²) in [7, 11) is 0. The molecule has 0 fully saturated rings. The van der Waals surface area contributed by atoms with E-state index in [0.717, 1.165) is 11.4 Å². The van der Waals surface area contributed by atoms with Gasteiger partial charge in [0.1, 0.15) is 6.61 Å². The molecule has 33 heavy (non-hydrogen) atoms. The molecule has 3 aromatic carbocycles. The fourth-order valence-corrected chi connectivity index (χ4v) is 3.72. The number of nitrogens with one attached hydrogen (secondary N) is 2. The van der Waals surface area contributed by atoms with Gasteiger partial charge in [0, 0.05) is 17.1 Å². The lowest BCUT2D eigenvalue weighted by atomic mass is 10.0. The minimum Gasteiger partial charge on any atom is -0.369 e. The van der Waals surface area contributed by atoms with E-state index in [1.807, 2.05) is 42.5 Å². The van der Waals surface area contributed by atoms with E-state index in [1.165, 1.54) is 4.90 Å². The Morgan fingerprint density at radius 2 is 1.30 bits per heavy atom. The number of fused-ring (bicyclic) bond motifs is 1. The summed E-state index contributed by atoms with van der Waals surface area (Å²) in [4.78, 5) is 38.9. The lowest BCUT2D eigenvalue weighted by Gasteiger charge is -2.33. The van der Waals surface area contributed by atoms with Gasteiger partial charge in [-0.05, 0) is 62.4 Å². The Balaban J connectivity index is 1.28. The molecule has 0 saturated carbocycles. The Bertz CT molecular complexity index is 1140. The van der Waals surface area contributed by atoms with Crippen LogP contribution in [0.1, 0.15) is 34.6 Å². The van der Waals surface area contributed by atoms with Crippen LogP contribution in [-0.2, 0) is 9.53 Å². The summed E-state index contributed by atoms with van der Waals surface area (Å²) >= 11 is 0. The first-order valence-corrected chi connectivity index (χ1v) is 10.6. The van der Waals surface area contributed by atoms with Gasteiger partial charge in [-0.3, -0.25) is 19.3 Å². The van der Waals surface area contributed by atoms with Crippen molar-refractivity contribution >= 4 is 34.8 Å². The summed E-state index contributed by atoms with van der Waals surface area (Å²) < 4.78 is 5.57. The largest absolute Gasteiger partial charge is 0.369 e. The van der Waals surface area contributed by atoms with Crippen molar-refractivity contribution in [2.45, 2.75) is 19.4 Å². The van der Waals surface area contributed by atoms with Crippen LogP contribution in [-0.4, -0.2) is 41.4 Å². The average molecular weight is 444 g/mol. The van der Waals surface area contributed by atoms with Crippen molar-refractivity contribution in [3.63, 3.8) is 0 Å². The van der Waals surface area contributed by atoms with Crippen LogP contribution in [0, 0.1) is 0 Å². The molecule has 0 aliphatic carbocycles. The van der Waals surface area contributed by atoms with Gasteiger partial charge in [-0.1, -0.05) is 30.3 Å². The van der Waals surface area contributed by atoms with Crippen LogP contribution in [0.4, 0.5) is 17.1 Å². The van der Waals surface area contributed by atoms with Crippen molar-refractivity contribution in [2.24, 2.45) is 0 Å². The zero-order valence-corrected chi connectivity index (χ0v) is 18.5.